The van der Waals surface area contributed by atoms with E-state index in [2.05, 4.69) is 5.48 Å². The van der Waals surface area contributed by atoms with Crippen molar-refractivity contribution in [3.63, 3.8) is 0 Å². The van der Waals surface area contributed by atoms with Gasteiger partial charge in [-0.05, 0) is 17.2 Å². The van der Waals surface area contributed by atoms with E-state index in [0.29, 0.717) is 6.61 Å². The van der Waals surface area contributed by atoms with Crippen molar-refractivity contribution >= 4 is 0 Å². The molecule has 106 valence electrons. The van der Waals surface area contributed by atoms with Crippen LogP contribution in [-0.2, 0) is 24.2 Å². The lowest BCUT2D eigenvalue weighted by molar-refractivity contribution is -0.138. The van der Waals surface area contributed by atoms with Crippen LogP contribution in [0.4, 0.5) is 13.2 Å². The Kier molecular flexibility index (Phi) is 4.76. The van der Waals surface area contributed by atoms with Crippen molar-refractivity contribution in [1.29, 1.82) is 0 Å². The molecule has 0 aromatic heterocycles. The monoisotopic (exact) mass is 281 g/mol. The summed E-state index contributed by atoms with van der Waals surface area (Å²) in [6.07, 6.45) is -4.35. The van der Waals surface area contributed by atoms with Gasteiger partial charge in [0.15, 0.2) is 0 Å². The van der Waals surface area contributed by atoms with E-state index in [1.807, 2.05) is 30.3 Å². The molecule has 2 rings (SSSR count). The third-order valence-electron chi connectivity index (χ3n) is 2.77. The molecule has 2 nitrogen and oxygen atoms in total. The fourth-order valence-electron chi connectivity index (χ4n) is 1.79. The first-order valence-corrected chi connectivity index (χ1v) is 6.11. The van der Waals surface area contributed by atoms with E-state index in [4.69, 9.17) is 4.84 Å². The number of hydrogen-bond donors (Lipinski definition) is 1. The van der Waals surface area contributed by atoms with Crippen LogP contribution in [0, 0.1) is 0 Å². The summed E-state index contributed by atoms with van der Waals surface area (Å²) < 4.78 is 38.3. The third kappa shape index (κ3) is 4.08. The molecule has 2 aromatic carbocycles. The van der Waals surface area contributed by atoms with Gasteiger partial charge >= 0.3 is 6.18 Å². The highest BCUT2D eigenvalue weighted by Crippen LogP contribution is 2.31. The zero-order valence-corrected chi connectivity index (χ0v) is 10.7. The van der Waals surface area contributed by atoms with Gasteiger partial charge in [0.25, 0.3) is 0 Å². The molecule has 0 fully saturated rings. The molecule has 0 saturated carbocycles. The lowest BCUT2D eigenvalue weighted by Crippen LogP contribution is -2.17. The highest BCUT2D eigenvalue weighted by molar-refractivity contribution is 5.29. The van der Waals surface area contributed by atoms with E-state index in [9.17, 15) is 13.2 Å². The second-order valence-corrected chi connectivity index (χ2v) is 4.25. The van der Waals surface area contributed by atoms with Gasteiger partial charge in [0.05, 0.1) is 12.2 Å². The number of hydroxylamine groups is 1. The lowest BCUT2D eigenvalue weighted by Gasteiger charge is -2.13. The van der Waals surface area contributed by atoms with Crippen molar-refractivity contribution < 1.29 is 18.0 Å². The average molecular weight is 281 g/mol. The van der Waals surface area contributed by atoms with Crippen LogP contribution in [0.1, 0.15) is 16.7 Å². The Labute approximate surface area is 115 Å². The molecule has 1 N–H and O–H groups in total. The van der Waals surface area contributed by atoms with Crippen LogP contribution < -0.4 is 5.48 Å². The van der Waals surface area contributed by atoms with Gasteiger partial charge in [-0.25, -0.2) is 0 Å². The third-order valence-corrected chi connectivity index (χ3v) is 2.77. The highest BCUT2D eigenvalue weighted by atomic mass is 19.4. The lowest BCUT2D eigenvalue weighted by atomic mass is 10.1. The van der Waals surface area contributed by atoms with Gasteiger partial charge in [0, 0.05) is 6.54 Å². The molecular formula is C15H14F3NO. The summed E-state index contributed by atoms with van der Waals surface area (Å²) in [5.74, 6) is 0. The standard InChI is InChI=1S/C15H14F3NO/c16-15(17,18)14-9-5-4-8-13(14)10-19-20-11-12-6-2-1-3-7-12/h1-9,19H,10-11H2. The summed E-state index contributed by atoms with van der Waals surface area (Å²) >= 11 is 0. The van der Waals surface area contributed by atoms with Crippen LogP contribution in [-0.4, -0.2) is 0 Å². The first-order chi connectivity index (χ1) is 9.57. The molecule has 0 aliphatic carbocycles. The van der Waals surface area contributed by atoms with Gasteiger partial charge in [0.1, 0.15) is 0 Å². The maximum absolute atomic E-state index is 12.8. The van der Waals surface area contributed by atoms with Gasteiger partial charge in [-0.2, -0.15) is 18.7 Å². The fourth-order valence-corrected chi connectivity index (χ4v) is 1.79. The van der Waals surface area contributed by atoms with Crippen LogP contribution in [0.3, 0.4) is 0 Å². The van der Waals surface area contributed by atoms with E-state index < -0.39 is 11.7 Å². The molecule has 2 aromatic rings. The van der Waals surface area contributed by atoms with Gasteiger partial charge in [-0.15, -0.1) is 0 Å². The summed E-state index contributed by atoms with van der Waals surface area (Å²) in [5, 5.41) is 0. The second kappa shape index (κ2) is 6.54. The number of alkyl halides is 3. The van der Waals surface area contributed by atoms with Crippen LogP contribution in [0.2, 0.25) is 0 Å². The minimum Gasteiger partial charge on any atom is -0.297 e. The van der Waals surface area contributed by atoms with Gasteiger partial charge in [-0.1, -0.05) is 48.5 Å². The number of nitrogens with one attached hydrogen (secondary N) is 1. The molecule has 0 spiro atoms. The molecule has 0 amide bonds. The normalized spacial score (nSPS) is 11.6. The molecule has 0 heterocycles. The van der Waals surface area contributed by atoms with E-state index in [1.165, 1.54) is 12.1 Å². The Bertz CT molecular complexity index is 540. The molecule has 0 bridgehead atoms. The molecule has 0 unspecified atom stereocenters. The summed E-state index contributed by atoms with van der Waals surface area (Å²) in [6.45, 7) is 0.303. The van der Waals surface area contributed by atoms with Gasteiger partial charge in [0.2, 0.25) is 0 Å². The zero-order chi connectivity index (χ0) is 14.4. The Morgan fingerprint density at radius 3 is 2.25 bits per heavy atom. The Hall–Kier alpha value is -1.85. The van der Waals surface area contributed by atoms with E-state index in [1.54, 1.807) is 6.07 Å². The zero-order valence-electron chi connectivity index (χ0n) is 10.7. The van der Waals surface area contributed by atoms with Crippen LogP contribution in [0.15, 0.2) is 54.6 Å². The number of halogens is 3. The SMILES string of the molecule is FC(F)(F)c1ccccc1CNOCc1ccccc1. The second-order valence-electron chi connectivity index (χ2n) is 4.25. The minimum atomic E-state index is -4.35. The minimum absolute atomic E-state index is 0.00250. The summed E-state index contributed by atoms with van der Waals surface area (Å²) in [5.41, 5.74) is 3.03. The van der Waals surface area contributed by atoms with Crippen molar-refractivity contribution in [2.45, 2.75) is 19.3 Å². The number of benzene rings is 2. The largest absolute Gasteiger partial charge is 0.416 e. The topological polar surface area (TPSA) is 21.3 Å². The van der Waals surface area contributed by atoms with Crippen molar-refractivity contribution in [3.05, 3.63) is 71.3 Å². The molecule has 0 aliphatic rings. The van der Waals surface area contributed by atoms with E-state index in [0.717, 1.165) is 11.6 Å². The first-order valence-electron chi connectivity index (χ1n) is 6.11. The first kappa shape index (κ1) is 14.6. The Morgan fingerprint density at radius 2 is 1.55 bits per heavy atom. The average Bonchev–Trinajstić information content (AvgIpc) is 2.44. The quantitative estimate of drug-likeness (QED) is 0.662. The van der Waals surface area contributed by atoms with Crippen molar-refractivity contribution in [2.24, 2.45) is 0 Å². The van der Waals surface area contributed by atoms with Crippen molar-refractivity contribution in [2.75, 3.05) is 0 Å². The van der Waals surface area contributed by atoms with Gasteiger partial charge < -0.3 is 0 Å². The Morgan fingerprint density at radius 1 is 0.900 bits per heavy atom. The van der Waals surface area contributed by atoms with Crippen molar-refractivity contribution in [1.82, 2.24) is 5.48 Å². The molecule has 5 heteroatoms. The highest BCUT2D eigenvalue weighted by Gasteiger charge is 2.32. The summed E-state index contributed by atoms with van der Waals surface area (Å²) in [7, 11) is 0. The van der Waals surface area contributed by atoms with E-state index in [-0.39, 0.29) is 12.1 Å². The molecule has 0 radical (unpaired) electrons. The molecule has 0 saturated heterocycles. The molecule has 0 aliphatic heterocycles. The molecular weight excluding hydrogens is 267 g/mol. The van der Waals surface area contributed by atoms with Crippen LogP contribution in [0.5, 0.6) is 0 Å². The van der Waals surface area contributed by atoms with Crippen LogP contribution in [0.25, 0.3) is 0 Å². The number of rotatable bonds is 5. The summed E-state index contributed by atoms with van der Waals surface area (Å²) in [4.78, 5) is 5.17. The summed E-state index contributed by atoms with van der Waals surface area (Å²) in [6, 6.07) is 14.8. The predicted molar refractivity (Wildman–Crippen MR) is 69.5 cm³/mol. The smallest absolute Gasteiger partial charge is 0.297 e. The Balaban J connectivity index is 1.89. The molecule has 0 atom stereocenters. The van der Waals surface area contributed by atoms with E-state index >= 15 is 0 Å². The van der Waals surface area contributed by atoms with Crippen LogP contribution >= 0.6 is 0 Å². The molecule has 20 heavy (non-hydrogen) atoms. The van der Waals surface area contributed by atoms with Gasteiger partial charge in [-0.3, -0.25) is 4.84 Å². The maximum atomic E-state index is 12.8. The predicted octanol–water partition coefficient (Wildman–Crippen LogP) is 3.93. The number of hydrogen-bond acceptors (Lipinski definition) is 2. The maximum Gasteiger partial charge on any atom is 0.416 e. The fraction of sp³-hybridized carbons (Fsp3) is 0.200. The van der Waals surface area contributed by atoms with Crippen molar-refractivity contribution in [3.8, 4) is 0 Å².